The molecule has 0 saturated carbocycles. The van der Waals surface area contributed by atoms with E-state index < -0.39 is 0 Å². The lowest BCUT2D eigenvalue weighted by atomic mass is 10.2. The lowest BCUT2D eigenvalue weighted by Gasteiger charge is -2.16. The zero-order valence-electron chi connectivity index (χ0n) is 13.2. The normalized spacial score (nSPS) is 17.6. The van der Waals surface area contributed by atoms with Crippen molar-refractivity contribution in [2.24, 2.45) is 5.92 Å². The van der Waals surface area contributed by atoms with Gasteiger partial charge < -0.3 is 15.2 Å². The van der Waals surface area contributed by atoms with Crippen LogP contribution in [0.15, 0.2) is 30.3 Å². The smallest absolute Gasteiger partial charge is 0.268 e. The van der Waals surface area contributed by atoms with Gasteiger partial charge in [0.15, 0.2) is 0 Å². The Kier molecular flexibility index (Phi) is 4.91. The van der Waals surface area contributed by atoms with Crippen molar-refractivity contribution in [3.8, 4) is 0 Å². The highest BCUT2D eigenvalue weighted by Gasteiger charge is 2.25. The van der Waals surface area contributed by atoms with Gasteiger partial charge in [-0.1, -0.05) is 18.2 Å². The minimum atomic E-state index is -0.241. The summed E-state index contributed by atoms with van der Waals surface area (Å²) in [6.45, 7) is 1.66. The summed E-state index contributed by atoms with van der Waals surface area (Å²) in [5, 5.41) is 3.71. The summed E-state index contributed by atoms with van der Waals surface area (Å²) >= 11 is 1.82. The molecule has 1 saturated heterocycles. The molecule has 1 aromatic carbocycles. The van der Waals surface area contributed by atoms with Gasteiger partial charge in [-0.05, 0) is 36.5 Å². The molecular formula is C17H21N3O2S. The van der Waals surface area contributed by atoms with Crippen LogP contribution in [0, 0.1) is 5.92 Å². The fraction of sp³-hybridized carbons (Fsp3) is 0.412. The molecule has 122 valence electrons. The molecule has 5 nitrogen and oxygen atoms in total. The van der Waals surface area contributed by atoms with E-state index in [1.807, 2.05) is 40.9 Å². The highest BCUT2D eigenvalue weighted by atomic mass is 32.2. The third-order valence-corrected chi connectivity index (χ3v) is 5.02. The zero-order chi connectivity index (χ0) is 16.2. The number of nitrogens with zero attached hydrogens (tertiary/aromatic N) is 1. The number of carbonyl (C=O) groups excluding carboxylic acids is 2. The molecule has 2 amide bonds. The predicted octanol–water partition coefficient (Wildman–Crippen LogP) is 2.11. The van der Waals surface area contributed by atoms with Gasteiger partial charge in [0.1, 0.15) is 5.69 Å². The lowest BCUT2D eigenvalue weighted by molar-refractivity contribution is -0.129. The van der Waals surface area contributed by atoms with Crippen molar-refractivity contribution in [2.45, 2.75) is 6.42 Å². The minimum Gasteiger partial charge on any atom is -0.351 e. The SMILES string of the molecule is CSC[C@@H]1CCN(C(=O)CNC(=O)c2cc3ccccc3[nH]2)C1. The average molecular weight is 331 g/mol. The maximum Gasteiger partial charge on any atom is 0.268 e. The van der Waals surface area contributed by atoms with Crippen molar-refractivity contribution in [2.75, 3.05) is 31.6 Å². The first-order valence-corrected chi connectivity index (χ1v) is 9.19. The first kappa shape index (κ1) is 15.9. The maximum absolute atomic E-state index is 12.2. The van der Waals surface area contributed by atoms with Crippen LogP contribution < -0.4 is 5.32 Å². The predicted molar refractivity (Wildman–Crippen MR) is 93.7 cm³/mol. The summed E-state index contributed by atoms with van der Waals surface area (Å²) in [6.07, 6.45) is 3.15. The molecule has 0 radical (unpaired) electrons. The third kappa shape index (κ3) is 3.69. The Bertz CT molecular complexity index is 680. The van der Waals surface area contributed by atoms with Gasteiger partial charge in [-0.2, -0.15) is 11.8 Å². The van der Waals surface area contributed by atoms with Gasteiger partial charge in [-0.3, -0.25) is 9.59 Å². The summed E-state index contributed by atoms with van der Waals surface area (Å²) in [7, 11) is 0. The number of carbonyl (C=O) groups is 2. The molecule has 3 rings (SSSR count). The van der Waals surface area contributed by atoms with Crippen molar-refractivity contribution in [1.29, 1.82) is 0 Å². The summed E-state index contributed by atoms with van der Waals surface area (Å²) in [5.74, 6) is 1.43. The summed E-state index contributed by atoms with van der Waals surface area (Å²) < 4.78 is 0. The van der Waals surface area contributed by atoms with Crippen LogP contribution in [0.5, 0.6) is 0 Å². The van der Waals surface area contributed by atoms with E-state index in [1.54, 1.807) is 6.07 Å². The number of likely N-dealkylation sites (tertiary alicyclic amines) is 1. The second-order valence-corrected chi connectivity index (χ2v) is 6.81. The number of rotatable bonds is 5. The molecule has 2 heterocycles. The van der Waals surface area contributed by atoms with Gasteiger partial charge in [-0.15, -0.1) is 0 Å². The first-order valence-electron chi connectivity index (χ1n) is 7.80. The first-order chi connectivity index (χ1) is 11.2. The van der Waals surface area contributed by atoms with Crippen LogP contribution in [0.2, 0.25) is 0 Å². The van der Waals surface area contributed by atoms with Crippen molar-refractivity contribution in [3.05, 3.63) is 36.0 Å². The van der Waals surface area contributed by atoms with Gasteiger partial charge >= 0.3 is 0 Å². The van der Waals surface area contributed by atoms with E-state index in [2.05, 4.69) is 16.6 Å². The Morgan fingerprint density at radius 1 is 1.39 bits per heavy atom. The average Bonchev–Trinajstić information content (AvgIpc) is 3.19. The standard InChI is InChI=1S/C17H21N3O2S/c1-23-11-12-6-7-20(10-12)16(21)9-18-17(22)15-8-13-4-2-3-5-14(13)19-15/h2-5,8,12,19H,6-7,9-11H2,1H3,(H,18,22)/t12-/m1/s1. The zero-order valence-corrected chi connectivity index (χ0v) is 14.0. The molecule has 2 aromatic rings. The van der Waals surface area contributed by atoms with Crippen LogP contribution >= 0.6 is 11.8 Å². The Morgan fingerprint density at radius 2 is 2.22 bits per heavy atom. The van der Waals surface area contributed by atoms with Crippen LogP contribution in [-0.2, 0) is 4.79 Å². The number of amides is 2. The molecule has 1 aliphatic rings. The van der Waals surface area contributed by atoms with Crippen molar-refractivity contribution < 1.29 is 9.59 Å². The molecule has 6 heteroatoms. The minimum absolute atomic E-state index is 0.00179. The van der Waals surface area contributed by atoms with Crippen molar-refractivity contribution >= 4 is 34.5 Å². The van der Waals surface area contributed by atoms with Gasteiger partial charge in [0, 0.05) is 24.0 Å². The van der Waals surface area contributed by atoms with Crippen molar-refractivity contribution in [1.82, 2.24) is 15.2 Å². The molecular weight excluding hydrogens is 310 g/mol. The number of H-pyrrole nitrogens is 1. The Labute approximate surface area is 139 Å². The summed E-state index contributed by atoms with van der Waals surface area (Å²) in [5.41, 5.74) is 1.41. The number of benzene rings is 1. The molecule has 2 N–H and O–H groups in total. The number of para-hydroxylation sites is 1. The second kappa shape index (κ2) is 7.08. The summed E-state index contributed by atoms with van der Waals surface area (Å²) in [6, 6.07) is 9.53. The maximum atomic E-state index is 12.2. The number of hydrogen-bond acceptors (Lipinski definition) is 3. The number of aromatic amines is 1. The molecule has 0 spiro atoms. The van der Waals surface area contributed by atoms with Crippen LogP contribution in [0.25, 0.3) is 10.9 Å². The van der Waals surface area contributed by atoms with E-state index in [1.165, 1.54) is 0 Å². The van der Waals surface area contributed by atoms with E-state index in [-0.39, 0.29) is 18.4 Å². The van der Waals surface area contributed by atoms with Gasteiger partial charge in [0.05, 0.1) is 6.54 Å². The van der Waals surface area contributed by atoms with Crippen LogP contribution in [0.1, 0.15) is 16.9 Å². The largest absolute Gasteiger partial charge is 0.351 e. The Morgan fingerprint density at radius 3 is 3.00 bits per heavy atom. The second-order valence-electron chi connectivity index (χ2n) is 5.90. The number of fused-ring (bicyclic) bond motifs is 1. The topological polar surface area (TPSA) is 65.2 Å². The monoisotopic (exact) mass is 331 g/mol. The Balaban J connectivity index is 1.53. The van der Waals surface area contributed by atoms with Gasteiger partial charge in [0.2, 0.25) is 5.91 Å². The molecule has 0 aliphatic carbocycles. The Hall–Kier alpha value is -1.95. The molecule has 23 heavy (non-hydrogen) atoms. The van der Waals surface area contributed by atoms with E-state index in [9.17, 15) is 9.59 Å². The van der Waals surface area contributed by atoms with Crippen LogP contribution in [0.4, 0.5) is 0 Å². The highest BCUT2D eigenvalue weighted by Crippen LogP contribution is 2.19. The van der Waals surface area contributed by atoms with Gasteiger partial charge in [0.25, 0.3) is 5.91 Å². The molecule has 1 aromatic heterocycles. The van der Waals surface area contributed by atoms with Crippen LogP contribution in [-0.4, -0.2) is 53.3 Å². The van der Waals surface area contributed by atoms with Crippen molar-refractivity contribution in [3.63, 3.8) is 0 Å². The van der Waals surface area contributed by atoms with Crippen LogP contribution in [0.3, 0.4) is 0 Å². The van der Waals surface area contributed by atoms with E-state index >= 15 is 0 Å². The number of hydrogen-bond donors (Lipinski definition) is 2. The lowest BCUT2D eigenvalue weighted by Crippen LogP contribution is -2.39. The number of thioether (sulfide) groups is 1. The number of nitrogens with one attached hydrogen (secondary N) is 2. The molecule has 0 unspecified atom stereocenters. The third-order valence-electron chi connectivity index (χ3n) is 4.22. The fourth-order valence-corrected chi connectivity index (χ4v) is 3.73. The van der Waals surface area contributed by atoms with E-state index in [0.717, 1.165) is 36.2 Å². The number of aromatic nitrogens is 1. The molecule has 0 bridgehead atoms. The fourth-order valence-electron chi connectivity index (χ4n) is 2.99. The van der Waals surface area contributed by atoms with E-state index in [0.29, 0.717) is 11.6 Å². The highest BCUT2D eigenvalue weighted by molar-refractivity contribution is 7.98. The van der Waals surface area contributed by atoms with E-state index in [4.69, 9.17) is 0 Å². The quantitative estimate of drug-likeness (QED) is 0.882. The van der Waals surface area contributed by atoms with Gasteiger partial charge in [-0.25, -0.2) is 0 Å². The molecule has 1 aliphatic heterocycles. The molecule has 1 fully saturated rings. The molecule has 1 atom stereocenters. The summed E-state index contributed by atoms with van der Waals surface area (Å²) in [4.78, 5) is 29.3.